The Morgan fingerprint density at radius 1 is 1.38 bits per heavy atom. The van der Waals surface area contributed by atoms with E-state index >= 15 is 0 Å². The maximum absolute atomic E-state index is 11.4. The average Bonchev–Trinajstić information content (AvgIpc) is 2.59. The summed E-state index contributed by atoms with van der Waals surface area (Å²) >= 11 is 0. The van der Waals surface area contributed by atoms with Gasteiger partial charge in [0.15, 0.2) is 0 Å². The van der Waals surface area contributed by atoms with Crippen molar-refractivity contribution in [1.29, 1.82) is 0 Å². The molecule has 0 aliphatic heterocycles. The van der Waals surface area contributed by atoms with E-state index < -0.39 is 0 Å². The topological polar surface area (TPSA) is 26.3 Å². The van der Waals surface area contributed by atoms with E-state index in [1.807, 2.05) is 12.1 Å². The molecule has 1 aliphatic rings. The van der Waals surface area contributed by atoms with Crippen LogP contribution in [0.3, 0.4) is 0 Å². The maximum atomic E-state index is 11.4. The van der Waals surface area contributed by atoms with E-state index in [9.17, 15) is 4.79 Å². The molecule has 0 heterocycles. The molecule has 16 heavy (non-hydrogen) atoms. The van der Waals surface area contributed by atoms with E-state index in [2.05, 4.69) is 19.9 Å². The molecule has 1 atom stereocenters. The molecule has 1 saturated carbocycles. The summed E-state index contributed by atoms with van der Waals surface area (Å²) in [7, 11) is 1.68. The van der Waals surface area contributed by atoms with Crippen LogP contribution in [0.25, 0.3) is 0 Å². The van der Waals surface area contributed by atoms with Gasteiger partial charge in [-0.15, -0.1) is 0 Å². The highest BCUT2D eigenvalue weighted by molar-refractivity contribution is 5.82. The monoisotopic (exact) mass is 218 g/mol. The summed E-state index contributed by atoms with van der Waals surface area (Å²) < 4.78 is 5.20. The van der Waals surface area contributed by atoms with Crippen LogP contribution < -0.4 is 4.74 Å². The van der Waals surface area contributed by atoms with Crippen LogP contribution in [-0.4, -0.2) is 12.9 Å². The molecule has 1 fully saturated rings. The Balaban J connectivity index is 2.37. The normalized spacial score (nSPS) is 24.8. The second-order valence-electron chi connectivity index (χ2n) is 4.96. The maximum Gasteiger partial charge on any atom is 0.133 e. The average molecular weight is 218 g/mol. The van der Waals surface area contributed by atoms with Crippen LogP contribution in [0.1, 0.15) is 37.3 Å². The Labute approximate surface area is 96.6 Å². The van der Waals surface area contributed by atoms with Gasteiger partial charge in [-0.1, -0.05) is 13.0 Å². The standard InChI is InChI=1S/C14H18O2/c1-10-8-12(16-3)4-5-13(10)14(2)7-6-11(15)9-14/h4-5,8H,6-7,9H2,1-3H3. The smallest absolute Gasteiger partial charge is 0.133 e. The third-order valence-electron chi connectivity index (χ3n) is 3.63. The van der Waals surface area contributed by atoms with E-state index in [4.69, 9.17) is 4.74 Å². The predicted octanol–water partition coefficient (Wildman–Crippen LogP) is 3.01. The van der Waals surface area contributed by atoms with Crippen LogP contribution in [0.2, 0.25) is 0 Å². The van der Waals surface area contributed by atoms with Gasteiger partial charge in [0.1, 0.15) is 11.5 Å². The molecule has 0 N–H and O–H groups in total. The van der Waals surface area contributed by atoms with Gasteiger partial charge >= 0.3 is 0 Å². The third kappa shape index (κ3) is 1.84. The van der Waals surface area contributed by atoms with Crippen LogP contribution in [0, 0.1) is 6.92 Å². The summed E-state index contributed by atoms with van der Waals surface area (Å²) in [5.74, 6) is 1.27. The minimum Gasteiger partial charge on any atom is -0.497 e. The molecular formula is C14H18O2. The van der Waals surface area contributed by atoms with Gasteiger partial charge in [-0.2, -0.15) is 0 Å². The Hall–Kier alpha value is -1.31. The number of ketones is 1. The first kappa shape index (κ1) is 11.2. The number of Topliss-reactive ketones (excluding diaryl/α,β-unsaturated/α-hetero) is 1. The predicted molar refractivity (Wildman–Crippen MR) is 63.9 cm³/mol. The third-order valence-corrected chi connectivity index (χ3v) is 3.63. The van der Waals surface area contributed by atoms with Gasteiger partial charge in [-0.25, -0.2) is 0 Å². The summed E-state index contributed by atoms with van der Waals surface area (Å²) in [5, 5.41) is 0. The molecule has 1 aromatic carbocycles. The number of carbonyl (C=O) groups is 1. The van der Waals surface area contributed by atoms with Crippen molar-refractivity contribution in [3.63, 3.8) is 0 Å². The van der Waals surface area contributed by atoms with Gasteiger partial charge < -0.3 is 4.74 Å². The molecule has 1 aliphatic carbocycles. The van der Waals surface area contributed by atoms with Gasteiger partial charge in [0.25, 0.3) is 0 Å². The number of rotatable bonds is 2. The van der Waals surface area contributed by atoms with Crippen LogP contribution in [-0.2, 0) is 10.2 Å². The fourth-order valence-corrected chi connectivity index (χ4v) is 2.70. The van der Waals surface area contributed by atoms with E-state index in [0.717, 1.165) is 18.6 Å². The summed E-state index contributed by atoms with van der Waals surface area (Å²) in [5.41, 5.74) is 2.55. The lowest BCUT2D eigenvalue weighted by Crippen LogP contribution is -2.19. The SMILES string of the molecule is COc1ccc(C2(C)CCC(=O)C2)c(C)c1. The molecule has 0 radical (unpaired) electrons. The summed E-state index contributed by atoms with van der Waals surface area (Å²) in [4.78, 5) is 11.4. The Bertz CT molecular complexity index is 423. The van der Waals surface area contributed by atoms with Crippen molar-refractivity contribution >= 4 is 5.78 Å². The number of hydrogen-bond donors (Lipinski definition) is 0. The lowest BCUT2D eigenvalue weighted by Gasteiger charge is -2.25. The molecule has 0 saturated heterocycles. The highest BCUT2D eigenvalue weighted by Crippen LogP contribution is 2.40. The molecular weight excluding hydrogens is 200 g/mol. The van der Waals surface area contributed by atoms with Gasteiger partial charge in [0.05, 0.1) is 7.11 Å². The van der Waals surface area contributed by atoms with E-state index in [-0.39, 0.29) is 5.41 Å². The molecule has 86 valence electrons. The number of hydrogen-bond acceptors (Lipinski definition) is 2. The largest absolute Gasteiger partial charge is 0.497 e. The zero-order valence-corrected chi connectivity index (χ0v) is 10.2. The van der Waals surface area contributed by atoms with Crippen molar-refractivity contribution < 1.29 is 9.53 Å². The molecule has 0 aromatic heterocycles. The van der Waals surface area contributed by atoms with Crippen molar-refractivity contribution in [2.45, 2.75) is 38.5 Å². The molecule has 1 unspecified atom stereocenters. The Morgan fingerprint density at radius 3 is 2.62 bits per heavy atom. The van der Waals surface area contributed by atoms with Crippen molar-refractivity contribution in [3.05, 3.63) is 29.3 Å². The van der Waals surface area contributed by atoms with Gasteiger partial charge in [0, 0.05) is 18.3 Å². The number of methoxy groups -OCH3 is 1. The van der Waals surface area contributed by atoms with Gasteiger partial charge in [-0.3, -0.25) is 4.79 Å². The summed E-state index contributed by atoms with van der Waals surface area (Å²) in [6.07, 6.45) is 2.38. The highest BCUT2D eigenvalue weighted by Gasteiger charge is 2.36. The summed E-state index contributed by atoms with van der Waals surface area (Å²) in [6, 6.07) is 6.13. The minimum atomic E-state index is 0.0352. The molecule has 0 amide bonds. The zero-order chi connectivity index (χ0) is 11.8. The lowest BCUT2D eigenvalue weighted by atomic mass is 9.79. The first-order chi connectivity index (χ1) is 7.55. The number of aryl methyl sites for hydroxylation is 1. The Morgan fingerprint density at radius 2 is 2.12 bits per heavy atom. The second-order valence-corrected chi connectivity index (χ2v) is 4.96. The van der Waals surface area contributed by atoms with E-state index in [1.165, 1.54) is 11.1 Å². The number of carbonyl (C=O) groups excluding carboxylic acids is 1. The van der Waals surface area contributed by atoms with Crippen LogP contribution in [0.4, 0.5) is 0 Å². The van der Waals surface area contributed by atoms with Crippen molar-refractivity contribution in [2.75, 3.05) is 7.11 Å². The minimum absolute atomic E-state index is 0.0352. The fraction of sp³-hybridized carbons (Fsp3) is 0.500. The number of ether oxygens (including phenoxy) is 1. The lowest BCUT2D eigenvalue weighted by molar-refractivity contribution is -0.117. The highest BCUT2D eigenvalue weighted by atomic mass is 16.5. The van der Waals surface area contributed by atoms with E-state index in [1.54, 1.807) is 7.11 Å². The van der Waals surface area contributed by atoms with Crippen molar-refractivity contribution in [2.24, 2.45) is 0 Å². The molecule has 2 rings (SSSR count). The molecule has 1 aromatic rings. The molecule has 2 nitrogen and oxygen atoms in total. The summed E-state index contributed by atoms with van der Waals surface area (Å²) in [6.45, 7) is 4.28. The number of benzene rings is 1. The first-order valence-electron chi connectivity index (χ1n) is 5.72. The zero-order valence-electron chi connectivity index (χ0n) is 10.2. The first-order valence-corrected chi connectivity index (χ1v) is 5.72. The van der Waals surface area contributed by atoms with Crippen LogP contribution in [0.5, 0.6) is 5.75 Å². The second kappa shape index (κ2) is 3.93. The van der Waals surface area contributed by atoms with Crippen molar-refractivity contribution in [1.82, 2.24) is 0 Å². The van der Waals surface area contributed by atoms with Gasteiger partial charge in [0.2, 0.25) is 0 Å². The van der Waals surface area contributed by atoms with Crippen LogP contribution >= 0.6 is 0 Å². The molecule has 2 heteroatoms. The van der Waals surface area contributed by atoms with Crippen LogP contribution in [0.15, 0.2) is 18.2 Å². The molecule has 0 bridgehead atoms. The quantitative estimate of drug-likeness (QED) is 0.762. The molecule has 0 spiro atoms. The van der Waals surface area contributed by atoms with Crippen molar-refractivity contribution in [3.8, 4) is 5.75 Å². The Kier molecular flexibility index (Phi) is 2.75. The van der Waals surface area contributed by atoms with E-state index in [0.29, 0.717) is 12.2 Å². The van der Waals surface area contributed by atoms with Gasteiger partial charge in [-0.05, 0) is 36.6 Å². The fourth-order valence-electron chi connectivity index (χ4n) is 2.70.